The normalized spacial score (nSPS) is 20.7. The first-order chi connectivity index (χ1) is 11.7. The van der Waals surface area contributed by atoms with Crippen molar-refractivity contribution in [2.45, 2.75) is 32.3 Å². The number of nitrogens with zero attached hydrogens (tertiary/aromatic N) is 1. The SMILES string of the molecule is CC(C)(C)OC(=O)N1C[C@H](C(=O)O)[C@@H](c2ccc3ccccc3c2)C1. The van der Waals surface area contributed by atoms with Crippen LogP contribution >= 0.6 is 0 Å². The van der Waals surface area contributed by atoms with E-state index in [1.807, 2.05) is 42.5 Å². The monoisotopic (exact) mass is 341 g/mol. The van der Waals surface area contributed by atoms with E-state index in [1.165, 1.54) is 4.90 Å². The smallest absolute Gasteiger partial charge is 0.410 e. The lowest BCUT2D eigenvalue weighted by molar-refractivity contribution is -0.141. The number of aliphatic carboxylic acids is 1. The first kappa shape index (κ1) is 17.3. The van der Waals surface area contributed by atoms with Gasteiger partial charge in [-0.05, 0) is 37.1 Å². The zero-order valence-electron chi connectivity index (χ0n) is 14.7. The van der Waals surface area contributed by atoms with Crippen molar-refractivity contribution in [2.75, 3.05) is 13.1 Å². The summed E-state index contributed by atoms with van der Waals surface area (Å²) in [4.78, 5) is 25.6. The summed E-state index contributed by atoms with van der Waals surface area (Å²) in [5, 5.41) is 11.8. The fourth-order valence-electron chi connectivity index (χ4n) is 3.31. The molecule has 25 heavy (non-hydrogen) atoms. The molecule has 3 rings (SSSR count). The summed E-state index contributed by atoms with van der Waals surface area (Å²) in [5.74, 6) is -1.76. The van der Waals surface area contributed by atoms with Crippen LogP contribution in [0.15, 0.2) is 42.5 Å². The van der Waals surface area contributed by atoms with E-state index in [1.54, 1.807) is 20.8 Å². The lowest BCUT2D eigenvalue weighted by Crippen LogP contribution is -2.35. The Morgan fingerprint density at radius 1 is 1.08 bits per heavy atom. The molecule has 0 bridgehead atoms. The van der Waals surface area contributed by atoms with Crippen LogP contribution in [0.25, 0.3) is 10.8 Å². The number of benzene rings is 2. The Hall–Kier alpha value is -2.56. The zero-order valence-corrected chi connectivity index (χ0v) is 14.7. The number of amides is 1. The Morgan fingerprint density at radius 2 is 1.76 bits per heavy atom. The highest BCUT2D eigenvalue weighted by Gasteiger charge is 2.41. The predicted octanol–water partition coefficient (Wildman–Crippen LogP) is 3.87. The Bertz CT molecular complexity index is 809. The van der Waals surface area contributed by atoms with Gasteiger partial charge in [-0.2, -0.15) is 0 Å². The van der Waals surface area contributed by atoms with Gasteiger partial charge in [-0.3, -0.25) is 4.79 Å². The van der Waals surface area contributed by atoms with Crippen LogP contribution in [0.1, 0.15) is 32.3 Å². The van der Waals surface area contributed by atoms with Crippen molar-refractivity contribution in [3.63, 3.8) is 0 Å². The molecule has 1 amide bonds. The number of fused-ring (bicyclic) bond motifs is 1. The number of likely N-dealkylation sites (tertiary alicyclic amines) is 1. The third kappa shape index (κ3) is 3.76. The second-order valence-corrected chi connectivity index (χ2v) is 7.54. The first-order valence-electron chi connectivity index (χ1n) is 8.44. The molecule has 5 nitrogen and oxygen atoms in total. The van der Waals surface area contributed by atoms with Crippen LogP contribution in [-0.4, -0.2) is 40.8 Å². The number of carboxylic acids is 1. The second-order valence-electron chi connectivity index (χ2n) is 7.54. The molecule has 0 radical (unpaired) electrons. The van der Waals surface area contributed by atoms with Gasteiger partial charge >= 0.3 is 12.1 Å². The Kier molecular flexibility index (Phi) is 4.41. The highest BCUT2D eigenvalue weighted by atomic mass is 16.6. The van der Waals surface area contributed by atoms with Crippen LogP contribution in [0.4, 0.5) is 4.79 Å². The molecule has 5 heteroatoms. The molecule has 1 aliphatic heterocycles. The van der Waals surface area contributed by atoms with Gasteiger partial charge in [-0.25, -0.2) is 4.79 Å². The van der Waals surface area contributed by atoms with Gasteiger partial charge in [0.25, 0.3) is 0 Å². The van der Waals surface area contributed by atoms with Crippen molar-refractivity contribution >= 4 is 22.8 Å². The van der Waals surface area contributed by atoms with Gasteiger partial charge in [0.1, 0.15) is 5.60 Å². The van der Waals surface area contributed by atoms with E-state index in [0.29, 0.717) is 6.54 Å². The largest absolute Gasteiger partial charge is 0.481 e. The number of carbonyl (C=O) groups excluding carboxylic acids is 1. The standard InChI is InChI=1S/C20H23NO4/c1-20(2,3)25-19(24)21-11-16(17(12-21)18(22)23)15-9-8-13-6-4-5-7-14(13)10-15/h4-10,16-17H,11-12H2,1-3H3,(H,22,23)/t16-,17+/m1/s1. The van der Waals surface area contributed by atoms with Crippen LogP contribution in [0.5, 0.6) is 0 Å². The maximum atomic E-state index is 12.3. The molecule has 1 fully saturated rings. The topological polar surface area (TPSA) is 66.8 Å². The highest BCUT2D eigenvalue weighted by Crippen LogP contribution is 2.35. The van der Waals surface area contributed by atoms with Crippen molar-refractivity contribution in [1.82, 2.24) is 4.90 Å². The molecular weight excluding hydrogens is 318 g/mol. The van der Waals surface area contributed by atoms with E-state index < -0.39 is 23.6 Å². The lowest BCUT2D eigenvalue weighted by atomic mass is 9.88. The summed E-state index contributed by atoms with van der Waals surface area (Å²) < 4.78 is 5.40. The Morgan fingerprint density at radius 3 is 2.40 bits per heavy atom. The highest BCUT2D eigenvalue weighted by molar-refractivity contribution is 5.84. The van der Waals surface area contributed by atoms with Gasteiger partial charge in [0.2, 0.25) is 0 Å². The average molecular weight is 341 g/mol. The Labute approximate surface area is 147 Å². The van der Waals surface area contributed by atoms with Crippen molar-refractivity contribution in [3.8, 4) is 0 Å². The maximum absolute atomic E-state index is 12.3. The molecule has 0 spiro atoms. The number of carboxylic acid groups (broad SMARTS) is 1. The van der Waals surface area contributed by atoms with E-state index in [9.17, 15) is 14.7 Å². The molecule has 1 heterocycles. The van der Waals surface area contributed by atoms with Gasteiger partial charge in [0, 0.05) is 19.0 Å². The lowest BCUT2D eigenvalue weighted by Gasteiger charge is -2.24. The number of hydrogen-bond acceptors (Lipinski definition) is 3. The minimum Gasteiger partial charge on any atom is -0.481 e. The van der Waals surface area contributed by atoms with Crippen molar-refractivity contribution < 1.29 is 19.4 Å². The first-order valence-corrected chi connectivity index (χ1v) is 8.44. The number of rotatable bonds is 2. The molecule has 1 aliphatic rings. The number of carbonyl (C=O) groups is 2. The molecule has 2 atom stereocenters. The van der Waals surface area contributed by atoms with E-state index in [0.717, 1.165) is 16.3 Å². The zero-order chi connectivity index (χ0) is 18.2. The summed E-state index contributed by atoms with van der Waals surface area (Å²) in [6, 6.07) is 13.9. The van der Waals surface area contributed by atoms with Gasteiger partial charge in [0.05, 0.1) is 5.92 Å². The second kappa shape index (κ2) is 6.39. The summed E-state index contributed by atoms with van der Waals surface area (Å²) in [6.45, 7) is 5.93. The van der Waals surface area contributed by atoms with Gasteiger partial charge in [0.15, 0.2) is 0 Å². The van der Waals surface area contributed by atoms with Crippen molar-refractivity contribution in [2.24, 2.45) is 5.92 Å². The molecule has 0 aromatic heterocycles. The molecule has 2 aromatic carbocycles. The fourth-order valence-corrected chi connectivity index (χ4v) is 3.31. The fraction of sp³-hybridized carbons (Fsp3) is 0.400. The Balaban J connectivity index is 1.87. The number of hydrogen-bond donors (Lipinski definition) is 1. The summed E-state index contributed by atoms with van der Waals surface area (Å²) in [7, 11) is 0. The molecule has 0 unspecified atom stereocenters. The summed E-state index contributed by atoms with van der Waals surface area (Å²) >= 11 is 0. The quantitative estimate of drug-likeness (QED) is 0.900. The van der Waals surface area contributed by atoms with Gasteiger partial charge in [-0.15, -0.1) is 0 Å². The third-order valence-electron chi connectivity index (χ3n) is 4.49. The molecular formula is C20H23NO4. The van der Waals surface area contributed by atoms with Gasteiger partial charge in [-0.1, -0.05) is 42.5 Å². The van der Waals surface area contributed by atoms with Crippen molar-refractivity contribution in [1.29, 1.82) is 0 Å². The van der Waals surface area contributed by atoms with Crippen molar-refractivity contribution in [3.05, 3.63) is 48.0 Å². The van der Waals surface area contributed by atoms with E-state index in [2.05, 4.69) is 0 Å². The van der Waals surface area contributed by atoms with E-state index in [4.69, 9.17) is 4.74 Å². The van der Waals surface area contributed by atoms with Crippen LogP contribution < -0.4 is 0 Å². The minimum absolute atomic E-state index is 0.168. The summed E-state index contributed by atoms with van der Waals surface area (Å²) in [5.41, 5.74) is 0.341. The van der Waals surface area contributed by atoms with Crippen LogP contribution in [0.2, 0.25) is 0 Å². The molecule has 132 valence electrons. The van der Waals surface area contributed by atoms with E-state index >= 15 is 0 Å². The maximum Gasteiger partial charge on any atom is 0.410 e. The molecule has 1 saturated heterocycles. The molecule has 0 saturated carbocycles. The predicted molar refractivity (Wildman–Crippen MR) is 95.6 cm³/mol. The van der Waals surface area contributed by atoms with Crippen LogP contribution in [0, 0.1) is 5.92 Å². The van der Waals surface area contributed by atoms with Gasteiger partial charge < -0.3 is 14.7 Å². The van der Waals surface area contributed by atoms with Crippen LogP contribution in [-0.2, 0) is 9.53 Å². The third-order valence-corrected chi connectivity index (χ3v) is 4.49. The average Bonchev–Trinajstić information content (AvgIpc) is 2.98. The summed E-state index contributed by atoms with van der Waals surface area (Å²) in [6.07, 6.45) is -0.456. The molecule has 2 aromatic rings. The molecule has 1 N–H and O–H groups in total. The van der Waals surface area contributed by atoms with Crippen LogP contribution in [0.3, 0.4) is 0 Å². The molecule has 0 aliphatic carbocycles. The number of ether oxygens (including phenoxy) is 1. The minimum atomic E-state index is -0.885. The van der Waals surface area contributed by atoms with E-state index in [-0.39, 0.29) is 12.5 Å².